The number of rotatable bonds is 5. The van der Waals surface area contributed by atoms with Crippen LogP contribution in [0.25, 0.3) is 23.6 Å². The second-order valence-corrected chi connectivity index (χ2v) is 7.77. The Kier molecular flexibility index (Phi) is 6.29. The number of nitrogens with zero attached hydrogens (tertiary/aromatic N) is 3. The molecule has 4 rings (SSSR count). The first-order valence-electron chi connectivity index (χ1n) is 10.2. The molecule has 1 aromatic heterocycles. The summed E-state index contributed by atoms with van der Waals surface area (Å²) in [4.78, 5) is 6.55. The van der Waals surface area contributed by atoms with E-state index in [0.29, 0.717) is 18.7 Å². The van der Waals surface area contributed by atoms with Crippen molar-refractivity contribution in [3.63, 3.8) is 0 Å². The first kappa shape index (κ1) is 23.0. The van der Waals surface area contributed by atoms with Crippen LogP contribution in [0.3, 0.4) is 0 Å². The number of likely N-dealkylation sites (tertiary alicyclic amines) is 1. The molecule has 0 unspecified atom stereocenters. The van der Waals surface area contributed by atoms with Gasteiger partial charge in [-0.25, -0.2) is 0 Å². The van der Waals surface area contributed by atoms with Gasteiger partial charge in [0.05, 0.1) is 11.1 Å². The van der Waals surface area contributed by atoms with Gasteiger partial charge in [0.25, 0.3) is 5.89 Å². The molecular weight excluding hydrogens is 448 g/mol. The first-order valence-corrected chi connectivity index (χ1v) is 10.2. The lowest BCUT2D eigenvalue weighted by Gasteiger charge is -2.16. The zero-order valence-corrected chi connectivity index (χ0v) is 17.2. The molecule has 2 heterocycles. The lowest BCUT2D eigenvalue weighted by molar-refractivity contribution is -0.143. The van der Waals surface area contributed by atoms with Crippen LogP contribution in [0.5, 0.6) is 0 Å². The van der Waals surface area contributed by atoms with Crippen molar-refractivity contribution in [2.75, 3.05) is 13.1 Å². The van der Waals surface area contributed by atoms with Gasteiger partial charge in [-0.1, -0.05) is 29.4 Å². The van der Waals surface area contributed by atoms with Gasteiger partial charge in [0.2, 0.25) is 0 Å². The molecule has 0 amide bonds. The molecule has 0 aliphatic carbocycles. The van der Waals surface area contributed by atoms with Crippen LogP contribution >= 0.6 is 0 Å². The predicted octanol–water partition coefficient (Wildman–Crippen LogP) is 6.54. The van der Waals surface area contributed by atoms with Gasteiger partial charge < -0.3 is 4.52 Å². The van der Waals surface area contributed by atoms with Crippen molar-refractivity contribution in [2.24, 2.45) is 0 Å². The van der Waals surface area contributed by atoms with Crippen LogP contribution in [0.15, 0.2) is 47.0 Å². The maximum absolute atomic E-state index is 13.0. The Balaban J connectivity index is 1.59. The summed E-state index contributed by atoms with van der Waals surface area (Å²) in [6.45, 7) is 2.72. The first-order chi connectivity index (χ1) is 15.6. The van der Waals surface area contributed by atoms with Crippen LogP contribution < -0.4 is 0 Å². The number of hydrogen-bond acceptors (Lipinski definition) is 4. The summed E-state index contributed by atoms with van der Waals surface area (Å²) in [6, 6.07) is 8.86. The van der Waals surface area contributed by atoms with Gasteiger partial charge in [-0.2, -0.15) is 31.3 Å². The summed E-state index contributed by atoms with van der Waals surface area (Å²) in [6.07, 6.45) is -5.24. The molecule has 1 fully saturated rings. The van der Waals surface area contributed by atoms with E-state index in [1.165, 1.54) is 6.08 Å². The van der Waals surface area contributed by atoms with E-state index in [9.17, 15) is 26.3 Å². The minimum absolute atomic E-state index is 0.0342. The fourth-order valence-corrected chi connectivity index (χ4v) is 3.71. The monoisotopic (exact) mass is 467 g/mol. The lowest BCUT2D eigenvalue weighted by atomic mass is 10.0. The van der Waals surface area contributed by atoms with Crippen molar-refractivity contribution < 1.29 is 30.9 Å². The predicted molar refractivity (Wildman–Crippen MR) is 110 cm³/mol. The highest BCUT2D eigenvalue weighted by Crippen LogP contribution is 2.36. The molecule has 3 aromatic rings. The maximum Gasteiger partial charge on any atom is 0.416 e. The number of hydrogen-bond donors (Lipinski definition) is 0. The minimum Gasteiger partial charge on any atom is -0.334 e. The van der Waals surface area contributed by atoms with Gasteiger partial charge in [0, 0.05) is 12.1 Å². The number of halogens is 6. The smallest absolute Gasteiger partial charge is 0.334 e. The van der Waals surface area contributed by atoms with Gasteiger partial charge in [-0.3, -0.25) is 4.90 Å². The van der Waals surface area contributed by atoms with Crippen LogP contribution in [-0.2, 0) is 18.9 Å². The summed E-state index contributed by atoms with van der Waals surface area (Å²) < 4.78 is 83.5. The number of benzene rings is 2. The third-order valence-electron chi connectivity index (χ3n) is 5.32. The highest BCUT2D eigenvalue weighted by molar-refractivity contribution is 5.68. The maximum atomic E-state index is 13.0. The highest BCUT2D eigenvalue weighted by Gasteiger charge is 2.36. The van der Waals surface area contributed by atoms with Crippen LogP contribution in [0.2, 0.25) is 0 Å². The summed E-state index contributed by atoms with van der Waals surface area (Å²) in [5.74, 6) is 0.261. The van der Waals surface area contributed by atoms with E-state index < -0.39 is 23.5 Å². The molecule has 0 N–H and O–H groups in total. The van der Waals surface area contributed by atoms with Gasteiger partial charge in [-0.05, 0) is 67.4 Å². The Morgan fingerprint density at radius 1 is 0.879 bits per heavy atom. The van der Waals surface area contributed by atoms with Crippen molar-refractivity contribution in [3.05, 3.63) is 70.5 Å². The fraction of sp³-hybridized carbons (Fsp3) is 0.304. The van der Waals surface area contributed by atoms with E-state index in [1.807, 2.05) is 24.3 Å². The zero-order valence-electron chi connectivity index (χ0n) is 17.2. The van der Waals surface area contributed by atoms with Crippen LogP contribution in [-0.4, -0.2) is 28.1 Å². The minimum atomic E-state index is -4.91. The summed E-state index contributed by atoms with van der Waals surface area (Å²) in [5.41, 5.74) is -1.33. The highest BCUT2D eigenvalue weighted by atomic mass is 19.4. The molecule has 0 radical (unpaired) electrons. The van der Waals surface area contributed by atoms with E-state index in [2.05, 4.69) is 15.0 Å². The Morgan fingerprint density at radius 2 is 1.52 bits per heavy atom. The lowest BCUT2D eigenvalue weighted by Crippen LogP contribution is -2.18. The van der Waals surface area contributed by atoms with Gasteiger partial charge in [-0.15, -0.1) is 0 Å². The third-order valence-corrected chi connectivity index (χ3v) is 5.32. The fourth-order valence-electron chi connectivity index (χ4n) is 3.71. The number of alkyl halides is 6. The van der Waals surface area contributed by atoms with Gasteiger partial charge in [0.1, 0.15) is 0 Å². The van der Waals surface area contributed by atoms with Crippen molar-refractivity contribution in [3.8, 4) is 11.5 Å². The Morgan fingerprint density at radius 3 is 2.15 bits per heavy atom. The summed E-state index contributed by atoms with van der Waals surface area (Å²) in [7, 11) is 0. The van der Waals surface area contributed by atoms with E-state index in [-0.39, 0.29) is 23.3 Å². The Labute approximate surface area is 185 Å². The molecule has 0 bridgehead atoms. The molecule has 10 heteroatoms. The number of aromatic nitrogens is 2. The largest absolute Gasteiger partial charge is 0.416 e. The molecule has 33 heavy (non-hydrogen) atoms. The molecule has 0 spiro atoms. The normalized spacial score (nSPS) is 15.6. The molecule has 174 valence electrons. The average molecular weight is 467 g/mol. The molecule has 0 atom stereocenters. The van der Waals surface area contributed by atoms with Crippen LogP contribution in [0, 0.1) is 0 Å². The second-order valence-electron chi connectivity index (χ2n) is 7.77. The standard InChI is InChI=1S/C23H19F6N3O/c24-22(25,26)17-11-15(12-18(13-17)23(27,28)29)7-8-20-30-21(33-31-20)19-6-2-1-5-16(19)14-32-9-3-4-10-32/h1-2,5-8,11-13H,3-4,9-10,14H2/b8-7-. The van der Waals surface area contributed by atoms with E-state index in [1.54, 1.807) is 0 Å². The zero-order chi connectivity index (χ0) is 23.6. The van der Waals surface area contributed by atoms with E-state index in [4.69, 9.17) is 4.52 Å². The molecule has 2 aromatic carbocycles. The molecule has 4 nitrogen and oxygen atoms in total. The Hall–Kier alpha value is -3.14. The molecular formula is C23H19F6N3O. The SMILES string of the molecule is FC(F)(F)c1cc(/C=C\c2noc(-c3ccccc3CN3CCCC3)n2)cc(C(F)(F)F)c1. The van der Waals surface area contributed by atoms with Crippen molar-refractivity contribution in [1.29, 1.82) is 0 Å². The second kappa shape index (κ2) is 9.01. The topological polar surface area (TPSA) is 42.2 Å². The molecule has 1 aliphatic heterocycles. The van der Waals surface area contributed by atoms with Crippen molar-refractivity contribution >= 4 is 12.2 Å². The molecule has 0 saturated carbocycles. The summed E-state index contributed by atoms with van der Waals surface area (Å²) in [5, 5.41) is 3.79. The van der Waals surface area contributed by atoms with Crippen LogP contribution in [0.1, 0.15) is 40.9 Å². The van der Waals surface area contributed by atoms with Crippen LogP contribution in [0.4, 0.5) is 26.3 Å². The van der Waals surface area contributed by atoms with E-state index in [0.717, 1.165) is 43.1 Å². The molecule has 1 saturated heterocycles. The third kappa shape index (κ3) is 5.62. The van der Waals surface area contributed by atoms with Crippen molar-refractivity contribution in [2.45, 2.75) is 31.7 Å². The van der Waals surface area contributed by atoms with Gasteiger partial charge in [0.15, 0.2) is 5.82 Å². The summed E-state index contributed by atoms with van der Waals surface area (Å²) >= 11 is 0. The van der Waals surface area contributed by atoms with Gasteiger partial charge >= 0.3 is 12.4 Å². The van der Waals surface area contributed by atoms with E-state index >= 15 is 0 Å². The molecule has 1 aliphatic rings. The average Bonchev–Trinajstić information content (AvgIpc) is 3.43. The quantitative estimate of drug-likeness (QED) is 0.400. The Bertz CT molecular complexity index is 1110. The van der Waals surface area contributed by atoms with Crippen molar-refractivity contribution in [1.82, 2.24) is 15.0 Å².